The smallest absolute Gasteiger partial charge is 0.257 e. The van der Waals surface area contributed by atoms with Gasteiger partial charge in [-0.2, -0.15) is 0 Å². The number of halogens is 1. The maximum Gasteiger partial charge on any atom is 0.257 e. The highest BCUT2D eigenvalue weighted by molar-refractivity contribution is 7.99. The van der Waals surface area contributed by atoms with Crippen molar-refractivity contribution < 1.29 is 14.0 Å². The molecule has 0 aliphatic carbocycles. The molecule has 6 nitrogen and oxygen atoms in total. The molecule has 0 bridgehead atoms. The van der Waals surface area contributed by atoms with Gasteiger partial charge in [0.15, 0.2) is 5.58 Å². The number of fused-ring (bicyclic) bond motifs is 1. The van der Waals surface area contributed by atoms with Crippen LogP contribution in [-0.4, -0.2) is 40.5 Å². The van der Waals surface area contributed by atoms with E-state index in [2.05, 4.69) is 4.98 Å². The third kappa shape index (κ3) is 3.79. The van der Waals surface area contributed by atoms with Gasteiger partial charge in [-0.3, -0.25) is 9.59 Å². The van der Waals surface area contributed by atoms with Crippen molar-refractivity contribution in [2.75, 3.05) is 18.8 Å². The van der Waals surface area contributed by atoms with Gasteiger partial charge in [0.1, 0.15) is 5.52 Å². The molecule has 0 unspecified atom stereocenters. The van der Waals surface area contributed by atoms with Crippen molar-refractivity contribution in [1.29, 1.82) is 0 Å². The summed E-state index contributed by atoms with van der Waals surface area (Å²) in [5.41, 5.74) is 6.62. The molecule has 1 aromatic heterocycles. The number of benzene rings is 1. The number of amides is 2. The molecule has 1 aliphatic rings. The normalized spacial score (nSPS) is 16.0. The van der Waals surface area contributed by atoms with Crippen molar-refractivity contribution in [2.45, 2.75) is 18.1 Å². The van der Waals surface area contributed by atoms with Crippen LogP contribution < -0.4 is 5.73 Å². The summed E-state index contributed by atoms with van der Waals surface area (Å²) in [6.07, 6.45) is 1.26. The van der Waals surface area contributed by atoms with E-state index in [9.17, 15) is 9.59 Å². The fourth-order valence-electron chi connectivity index (χ4n) is 2.57. The molecule has 1 saturated heterocycles. The number of thioether (sulfide) groups is 1. The average Bonchev–Trinajstić information content (AvgIpc) is 2.94. The van der Waals surface area contributed by atoms with Gasteiger partial charge in [0.2, 0.25) is 11.8 Å². The summed E-state index contributed by atoms with van der Waals surface area (Å²) in [6.45, 7) is 1.13. The van der Waals surface area contributed by atoms with Crippen molar-refractivity contribution >= 4 is 46.3 Å². The Hall–Kier alpha value is -1.73. The lowest BCUT2D eigenvalue weighted by molar-refractivity contribution is -0.132. The van der Waals surface area contributed by atoms with Gasteiger partial charge in [-0.1, -0.05) is 23.4 Å². The molecule has 0 radical (unpaired) electrons. The van der Waals surface area contributed by atoms with Crippen molar-refractivity contribution in [3.8, 4) is 0 Å². The minimum Gasteiger partial charge on any atom is -0.431 e. The fourth-order valence-corrected chi connectivity index (χ4v) is 3.48. The lowest BCUT2D eigenvalue weighted by Gasteiger charge is -2.30. The van der Waals surface area contributed by atoms with E-state index in [0.717, 1.165) is 0 Å². The zero-order valence-corrected chi connectivity index (χ0v) is 13.9. The van der Waals surface area contributed by atoms with Crippen molar-refractivity contribution in [3.63, 3.8) is 0 Å². The fraction of sp³-hybridized carbons (Fsp3) is 0.400. The van der Waals surface area contributed by atoms with Crippen LogP contribution in [-0.2, 0) is 9.59 Å². The number of hydrogen-bond acceptors (Lipinski definition) is 5. The number of nitrogens with zero attached hydrogens (tertiary/aromatic N) is 2. The molecule has 2 heterocycles. The Morgan fingerprint density at radius 3 is 2.83 bits per heavy atom. The van der Waals surface area contributed by atoms with Crippen molar-refractivity contribution in [2.24, 2.45) is 11.7 Å². The number of hydrogen-bond donors (Lipinski definition) is 1. The predicted molar refractivity (Wildman–Crippen MR) is 88.2 cm³/mol. The zero-order chi connectivity index (χ0) is 16.4. The van der Waals surface area contributed by atoms with Crippen LogP contribution in [0.4, 0.5) is 0 Å². The molecule has 2 N–H and O–H groups in total. The first kappa shape index (κ1) is 16.1. The first-order chi connectivity index (χ1) is 11.0. The lowest BCUT2D eigenvalue weighted by Crippen LogP contribution is -2.42. The summed E-state index contributed by atoms with van der Waals surface area (Å²) in [4.78, 5) is 29.4. The topological polar surface area (TPSA) is 89.4 Å². The maximum atomic E-state index is 12.2. The highest BCUT2D eigenvalue weighted by atomic mass is 35.5. The number of oxazole rings is 1. The number of piperidine rings is 1. The quantitative estimate of drug-likeness (QED) is 0.852. The summed E-state index contributed by atoms with van der Waals surface area (Å²) in [6, 6.07) is 5.21. The van der Waals surface area contributed by atoms with E-state index in [-0.39, 0.29) is 23.5 Å². The van der Waals surface area contributed by atoms with Crippen LogP contribution in [0.2, 0.25) is 5.02 Å². The molecule has 2 amide bonds. The van der Waals surface area contributed by atoms with Gasteiger partial charge in [0.25, 0.3) is 5.22 Å². The second kappa shape index (κ2) is 6.80. The van der Waals surface area contributed by atoms with Crippen LogP contribution in [0.25, 0.3) is 11.1 Å². The van der Waals surface area contributed by atoms with Gasteiger partial charge in [0.05, 0.1) is 5.75 Å². The predicted octanol–water partition coefficient (Wildman–Crippen LogP) is 2.30. The van der Waals surface area contributed by atoms with Gasteiger partial charge < -0.3 is 15.1 Å². The van der Waals surface area contributed by atoms with E-state index in [1.165, 1.54) is 11.8 Å². The lowest BCUT2D eigenvalue weighted by atomic mass is 9.96. The Morgan fingerprint density at radius 1 is 1.39 bits per heavy atom. The standard InChI is InChI=1S/C15H16ClN3O3S/c16-10-1-2-12-11(7-10)18-15(22-12)23-8-13(20)19-5-3-9(4-6-19)14(17)21/h1-2,7,9H,3-6,8H2,(H2,17,21). The Morgan fingerprint density at radius 2 is 2.13 bits per heavy atom. The third-order valence-electron chi connectivity index (χ3n) is 3.90. The number of rotatable bonds is 4. The van der Waals surface area contributed by atoms with Crippen molar-refractivity contribution in [1.82, 2.24) is 9.88 Å². The number of primary amides is 1. The maximum absolute atomic E-state index is 12.2. The van der Waals surface area contributed by atoms with Crippen LogP contribution in [0, 0.1) is 5.92 Å². The van der Waals surface area contributed by atoms with Crippen LogP contribution >= 0.6 is 23.4 Å². The van der Waals surface area contributed by atoms with Gasteiger partial charge >= 0.3 is 0 Å². The number of nitrogens with two attached hydrogens (primary N) is 1. The van der Waals surface area contributed by atoms with E-state index in [0.29, 0.717) is 47.3 Å². The number of carbonyl (C=O) groups is 2. The molecule has 1 aromatic carbocycles. The molecular weight excluding hydrogens is 338 g/mol. The third-order valence-corrected chi connectivity index (χ3v) is 4.95. The second-order valence-electron chi connectivity index (χ2n) is 5.44. The van der Waals surface area contributed by atoms with E-state index in [1.54, 1.807) is 23.1 Å². The van der Waals surface area contributed by atoms with E-state index < -0.39 is 0 Å². The SMILES string of the molecule is NC(=O)C1CCN(C(=O)CSc2nc3cc(Cl)ccc3o2)CC1. The van der Waals surface area contributed by atoms with E-state index in [1.807, 2.05) is 0 Å². The van der Waals surface area contributed by atoms with Gasteiger partial charge in [-0.25, -0.2) is 4.98 Å². The van der Waals surface area contributed by atoms with Gasteiger partial charge in [0, 0.05) is 24.0 Å². The molecule has 0 saturated carbocycles. The first-order valence-electron chi connectivity index (χ1n) is 7.29. The molecular formula is C15H16ClN3O3S. The van der Waals surface area contributed by atoms with Crippen LogP contribution in [0.3, 0.4) is 0 Å². The minimum absolute atomic E-state index is 0.0122. The zero-order valence-electron chi connectivity index (χ0n) is 12.3. The largest absolute Gasteiger partial charge is 0.431 e. The molecule has 8 heteroatoms. The Balaban J connectivity index is 1.55. The number of carbonyl (C=O) groups excluding carboxylic acids is 2. The van der Waals surface area contributed by atoms with E-state index >= 15 is 0 Å². The summed E-state index contributed by atoms with van der Waals surface area (Å²) < 4.78 is 5.57. The molecule has 1 aliphatic heterocycles. The summed E-state index contributed by atoms with van der Waals surface area (Å²) in [5.74, 6) is -0.134. The molecule has 1 fully saturated rings. The van der Waals surface area contributed by atoms with Crippen LogP contribution in [0.5, 0.6) is 0 Å². The summed E-state index contributed by atoms with van der Waals surface area (Å²) in [7, 11) is 0. The molecule has 0 atom stereocenters. The highest BCUT2D eigenvalue weighted by Gasteiger charge is 2.26. The summed E-state index contributed by atoms with van der Waals surface area (Å²) >= 11 is 7.17. The van der Waals surface area contributed by atoms with E-state index in [4.69, 9.17) is 21.8 Å². The van der Waals surface area contributed by atoms with Crippen LogP contribution in [0.15, 0.2) is 27.8 Å². The monoisotopic (exact) mass is 353 g/mol. The highest BCUT2D eigenvalue weighted by Crippen LogP contribution is 2.26. The minimum atomic E-state index is -0.281. The van der Waals surface area contributed by atoms with Gasteiger partial charge in [-0.15, -0.1) is 0 Å². The number of likely N-dealkylation sites (tertiary alicyclic amines) is 1. The summed E-state index contributed by atoms with van der Waals surface area (Å²) in [5, 5.41) is 1.04. The van der Waals surface area contributed by atoms with Crippen LogP contribution in [0.1, 0.15) is 12.8 Å². The molecule has 3 rings (SSSR count). The Bertz CT molecular complexity index is 741. The van der Waals surface area contributed by atoms with Crippen molar-refractivity contribution in [3.05, 3.63) is 23.2 Å². The molecule has 23 heavy (non-hydrogen) atoms. The molecule has 122 valence electrons. The first-order valence-corrected chi connectivity index (χ1v) is 8.65. The Kier molecular flexibility index (Phi) is 4.77. The second-order valence-corrected chi connectivity index (χ2v) is 6.80. The number of aromatic nitrogens is 1. The molecule has 2 aromatic rings. The average molecular weight is 354 g/mol. The van der Waals surface area contributed by atoms with Gasteiger partial charge in [-0.05, 0) is 31.0 Å². The Labute approximate surface area is 142 Å². The molecule has 0 spiro atoms.